The van der Waals surface area contributed by atoms with Crippen molar-refractivity contribution in [3.05, 3.63) is 30.7 Å². The van der Waals surface area contributed by atoms with E-state index in [4.69, 9.17) is 23.2 Å². The SMILES string of the molecule is [CH2]c1c(N(N)C(N)=O)cccc1N(N)C(N)=O. The van der Waals surface area contributed by atoms with Gasteiger partial charge in [-0.25, -0.2) is 31.3 Å². The number of anilines is 2. The number of benzene rings is 1. The Kier molecular flexibility index (Phi) is 3.51. The van der Waals surface area contributed by atoms with Crippen molar-refractivity contribution in [1.29, 1.82) is 0 Å². The molecule has 0 aliphatic rings. The van der Waals surface area contributed by atoms with Gasteiger partial charge in [0, 0.05) is 5.56 Å². The summed E-state index contributed by atoms with van der Waals surface area (Å²) in [7, 11) is 0. The van der Waals surface area contributed by atoms with Crippen LogP contribution in [0, 0.1) is 6.92 Å². The molecule has 1 radical (unpaired) electrons. The van der Waals surface area contributed by atoms with Crippen LogP contribution in [0.15, 0.2) is 18.2 Å². The molecule has 0 aliphatic heterocycles. The van der Waals surface area contributed by atoms with Crippen LogP contribution in [-0.2, 0) is 0 Å². The summed E-state index contributed by atoms with van der Waals surface area (Å²) in [6, 6.07) is 2.81. The fourth-order valence-electron chi connectivity index (χ4n) is 1.25. The summed E-state index contributed by atoms with van der Waals surface area (Å²) in [6.45, 7) is 3.67. The standard InChI is InChI=1S/C9H13N6O2/c1-5-6(14(12)8(10)16)3-2-4-7(5)15(13)9(11)17/h2-4H,1,12-13H2,(H2,10,16)(H2,11,17). The van der Waals surface area contributed by atoms with Crippen LogP contribution in [0.5, 0.6) is 0 Å². The molecule has 1 aromatic rings. The second-order valence-corrected chi connectivity index (χ2v) is 3.19. The monoisotopic (exact) mass is 237 g/mol. The van der Waals surface area contributed by atoms with Crippen LogP contribution in [0.25, 0.3) is 0 Å². The van der Waals surface area contributed by atoms with E-state index < -0.39 is 12.1 Å². The number of hydrogen-bond acceptors (Lipinski definition) is 4. The molecule has 91 valence electrons. The van der Waals surface area contributed by atoms with Crippen LogP contribution in [0.1, 0.15) is 5.56 Å². The van der Waals surface area contributed by atoms with Crippen LogP contribution in [-0.4, -0.2) is 12.1 Å². The molecule has 0 unspecified atom stereocenters. The number of amides is 4. The van der Waals surface area contributed by atoms with Crippen LogP contribution in [0.2, 0.25) is 0 Å². The van der Waals surface area contributed by atoms with Gasteiger partial charge in [-0.1, -0.05) is 6.07 Å². The molecule has 1 rings (SSSR count). The first kappa shape index (κ1) is 12.7. The van der Waals surface area contributed by atoms with E-state index in [0.29, 0.717) is 10.0 Å². The van der Waals surface area contributed by atoms with Crippen molar-refractivity contribution in [2.75, 3.05) is 10.0 Å². The van der Waals surface area contributed by atoms with Crippen molar-refractivity contribution in [2.45, 2.75) is 0 Å². The highest BCUT2D eigenvalue weighted by atomic mass is 16.2. The Morgan fingerprint density at radius 3 is 1.65 bits per heavy atom. The summed E-state index contributed by atoms with van der Waals surface area (Å²) in [4.78, 5) is 21.9. The number of carbonyl (C=O) groups excluding carboxylic acids is 2. The zero-order chi connectivity index (χ0) is 13.2. The predicted octanol–water partition coefficient (Wildman–Crippen LogP) is -0.614. The Hall–Kier alpha value is -2.32. The minimum atomic E-state index is -0.866. The first-order chi connectivity index (χ1) is 7.86. The minimum absolute atomic E-state index is 0.228. The van der Waals surface area contributed by atoms with Crippen molar-refractivity contribution < 1.29 is 9.59 Å². The highest BCUT2D eigenvalue weighted by molar-refractivity contribution is 5.95. The summed E-state index contributed by atoms with van der Waals surface area (Å²) >= 11 is 0. The molecule has 8 nitrogen and oxygen atoms in total. The van der Waals surface area contributed by atoms with E-state index >= 15 is 0 Å². The summed E-state index contributed by atoms with van der Waals surface area (Å²) in [5.41, 5.74) is 10.8. The van der Waals surface area contributed by atoms with Crippen molar-refractivity contribution in [3.8, 4) is 0 Å². The molecule has 0 fully saturated rings. The molecule has 0 spiro atoms. The second kappa shape index (κ2) is 4.68. The van der Waals surface area contributed by atoms with Crippen LogP contribution >= 0.6 is 0 Å². The van der Waals surface area contributed by atoms with Gasteiger partial charge in [-0.3, -0.25) is 0 Å². The largest absolute Gasteiger partial charge is 0.350 e. The molecule has 0 atom stereocenters. The Balaban J connectivity index is 3.25. The quantitative estimate of drug-likeness (QED) is 0.308. The molecular formula is C9H13N6O2. The Labute approximate surface area is 97.7 Å². The third-order valence-electron chi connectivity index (χ3n) is 2.12. The lowest BCUT2D eigenvalue weighted by atomic mass is 10.1. The van der Waals surface area contributed by atoms with Gasteiger partial charge >= 0.3 is 12.1 Å². The lowest BCUT2D eigenvalue weighted by Gasteiger charge is -2.21. The van der Waals surface area contributed by atoms with E-state index in [1.54, 1.807) is 0 Å². The molecule has 1 aromatic carbocycles. The van der Waals surface area contributed by atoms with E-state index in [2.05, 4.69) is 6.92 Å². The molecule has 0 saturated heterocycles. The van der Waals surface area contributed by atoms with Crippen molar-refractivity contribution >= 4 is 23.4 Å². The maximum atomic E-state index is 10.9. The van der Waals surface area contributed by atoms with Crippen molar-refractivity contribution in [3.63, 3.8) is 0 Å². The number of hydrazine groups is 2. The van der Waals surface area contributed by atoms with Crippen LogP contribution in [0.3, 0.4) is 0 Å². The topological polar surface area (TPSA) is 145 Å². The molecular weight excluding hydrogens is 224 g/mol. The molecule has 17 heavy (non-hydrogen) atoms. The van der Waals surface area contributed by atoms with E-state index in [1.807, 2.05) is 0 Å². The average molecular weight is 237 g/mol. The van der Waals surface area contributed by atoms with Crippen molar-refractivity contribution in [1.82, 2.24) is 0 Å². The van der Waals surface area contributed by atoms with Gasteiger partial charge in [0.2, 0.25) is 0 Å². The lowest BCUT2D eigenvalue weighted by molar-refractivity contribution is 0.253. The number of urea groups is 2. The molecule has 8 N–H and O–H groups in total. The number of carbonyl (C=O) groups is 2. The van der Waals surface area contributed by atoms with Crippen LogP contribution in [0.4, 0.5) is 21.0 Å². The third kappa shape index (κ3) is 2.44. The Bertz CT molecular complexity index is 423. The smallest absolute Gasteiger partial charge is 0.333 e. The van der Waals surface area contributed by atoms with Gasteiger partial charge in [0.05, 0.1) is 11.4 Å². The first-order valence-electron chi connectivity index (χ1n) is 4.49. The average Bonchev–Trinajstić information content (AvgIpc) is 2.27. The number of nitrogens with two attached hydrogens (primary N) is 4. The number of hydrogen-bond donors (Lipinski definition) is 4. The summed E-state index contributed by atoms with van der Waals surface area (Å²) in [5.74, 6) is 10.9. The molecule has 4 amide bonds. The fourth-order valence-corrected chi connectivity index (χ4v) is 1.25. The van der Waals surface area contributed by atoms with E-state index in [0.717, 1.165) is 0 Å². The third-order valence-corrected chi connectivity index (χ3v) is 2.12. The molecule has 8 heteroatoms. The van der Waals surface area contributed by atoms with Crippen LogP contribution < -0.4 is 33.2 Å². The number of nitrogens with zero attached hydrogens (tertiary/aromatic N) is 2. The minimum Gasteiger partial charge on any atom is -0.350 e. The van der Waals surface area contributed by atoms with Gasteiger partial charge in [-0.2, -0.15) is 0 Å². The van der Waals surface area contributed by atoms with Crippen molar-refractivity contribution in [2.24, 2.45) is 23.2 Å². The summed E-state index contributed by atoms with van der Waals surface area (Å²) in [5, 5.41) is 1.39. The number of rotatable bonds is 2. The fraction of sp³-hybridized carbons (Fsp3) is 0. The van der Waals surface area contributed by atoms with E-state index in [1.165, 1.54) is 18.2 Å². The van der Waals surface area contributed by atoms with E-state index in [9.17, 15) is 9.59 Å². The maximum Gasteiger partial charge on any atom is 0.333 e. The first-order valence-corrected chi connectivity index (χ1v) is 4.49. The number of primary amides is 2. The maximum absolute atomic E-state index is 10.9. The second-order valence-electron chi connectivity index (χ2n) is 3.19. The molecule has 0 aromatic heterocycles. The Morgan fingerprint density at radius 2 is 1.35 bits per heavy atom. The zero-order valence-electron chi connectivity index (χ0n) is 8.96. The van der Waals surface area contributed by atoms with Gasteiger partial charge in [0.25, 0.3) is 0 Å². The summed E-state index contributed by atoms with van der Waals surface area (Å²) < 4.78 is 0. The molecule has 0 aliphatic carbocycles. The van der Waals surface area contributed by atoms with E-state index in [-0.39, 0.29) is 16.9 Å². The molecule has 0 bridgehead atoms. The predicted molar refractivity (Wildman–Crippen MR) is 63.4 cm³/mol. The molecule has 0 heterocycles. The highest BCUT2D eigenvalue weighted by Gasteiger charge is 2.16. The van der Waals surface area contributed by atoms with Gasteiger partial charge in [-0.05, 0) is 19.1 Å². The Morgan fingerprint density at radius 1 is 1.00 bits per heavy atom. The van der Waals surface area contributed by atoms with Gasteiger partial charge < -0.3 is 11.5 Å². The van der Waals surface area contributed by atoms with Gasteiger partial charge in [0.15, 0.2) is 0 Å². The summed E-state index contributed by atoms with van der Waals surface area (Å²) in [6.07, 6.45) is 0. The normalized spacial score (nSPS) is 9.82. The highest BCUT2D eigenvalue weighted by Crippen LogP contribution is 2.26. The lowest BCUT2D eigenvalue weighted by Crippen LogP contribution is -2.44. The zero-order valence-corrected chi connectivity index (χ0v) is 8.96. The molecule has 0 saturated carbocycles. The van der Waals surface area contributed by atoms with Gasteiger partial charge in [0.1, 0.15) is 0 Å². The van der Waals surface area contributed by atoms with Gasteiger partial charge in [-0.15, -0.1) is 0 Å².